The monoisotopic (exact) mass is 617 g/mol. The number of phenols is 2. The van der Waals surface area contributed by atoms with Gasteiger partial charge in [0.1, 0.15) is 18.1 Å². The molecule has 4 heterocycles. The number of hydrogen-bond donors (Lipinski definition) is 4. The van der Waals surface area contributed by atoms with Gasteiger partial charge in [0.25, 0.3) is 5.56 Å². The summed E-state index contributed by atoms with van der Waals surface area (Å²) in [5.74, 6) is 0.288. The number of hydrogen-bond acceptors (Lipinski definition) is 8. The van der Waals surface area contributed by atoms with E-state index in [0.29, 0.717) is 53.2 Å². The minimum atomic E-state index is -1.83. The lowest BCUT2D eigenvalue weighted by molar-refractivity contribution is -0.172. The minimum Gasteiger partial charge on any atom is -0.508 e. The SMILES string of the molecule is CCc1c2c(nc3ccc(O)cc13)-c1cc3c(c(=O)n1C2)COC(=O)[C@]3(O)CC.NC1CC1c1ccc(-c2cccc(O)c2)cc1. The lowest BCUT2D eigenvalue weighted by Gasteiger charge is -2.31. The van der Waals surface area contributed by atoms with Crippen molar-refractivity contribution in [2.45, 2.75) is 63.8 Å². The summed E-state index contributed by atoms with van der Waals surface area (Å²) in [5.41, 5.74) is 11.8. The molecule has 0 radical (unpaired) electrons. The molecule has 0 saturated heterocycles. The van der Waals surface area contributed by atoms with Crippen molar-refractivity contribution in [3.05, 3.63) is 111 Å². The van der Waals surface area contributed by atoms with E-state index < -0.39 is 11.6 Å². The Kier molecular flexibility index (Phi) is 7.18. The van der Waals surface area contributed by atoms with Crippen molar-refractivity contribution in [1.82, 2.24) is 9.55 Å². The maximum Gasteiger partial charge on any atom is 0.343 e. The predicted octanol–water partition coefficient (Wildman–Crippen LogP) is 5.22. The zero-order valence-corrected chi connectivity index (χ0v) is 25.7. The molecular formula is C37H35N3O6. The second-order valence-electron chi connectivity index (χ2n) is 12.3. The number of phenolic OH excluding ortho intramolecular Hbond substituents is 2. The summed E-state index contributed by atoms with van der Waals surface area (Å²) < 4.78 is 6.73. The first kappa shape index (κ1) is 29.7. The molecule has 9 heteroatoms. The largest absolute Gasteiger partial charge is 0.508 e. The van der Waals surface area contributed by atoms with E-state index in [1.165, 1.54) is 5.56 Å². The van der Waals surface area contributed by atoms with E-state index in [9.17, 15) is 24.9 Å². The number of carbonyl (C=O) groups is 1. The number of pyridine rings is 2. The van der Waals surface area contributed by atoms with Gasteiger partial charge in [-0.3, -0.25) is 4.79 Å². The normalized spacial score (nSPS) is 20.7. The molecule has 2 aromatic heterocycles. The van der Waals surface area contributed by atoms with E-state index in [1.54, 1.807) is 47.9 Å². The van der Waals surface area contributed by atoms with Gasteiger partial charge < -0.3 is 30.4 Å². The van der Waals surface area contributed by atoms with Crippen LogP contribution in [0, 0.1) is 0 Å². The van der Waals surface area contributed by atoms with Crippen molar-refractivity contribution in [1.29, 1.82) is 0 Å². The summed E-state index contributed by atoms with van der Waals surface area (Å²) in [7, 11) is 0. The second-order valence-corrected chi connectivity index (χ2v) is 12.3. The average Bonchev–Trinajstić information content (AvgIpc) is 3.68. The standard InChI is InChI=1S/C22H20N2O5.C15H15NO/c1-3-12-13-7-11(25)5-6-17(13)23-19-14(12)9-24-18(19)8-16-15(20(24)26)10-29-21(27)22(16,28)4-2;16-15-9-14(15)11-6-4-10(5-7-11)12-2-1-3-13(17)8-12/h5-8,25,28H,3-4,9-10H2,1-2H3;1-8,14-15,17H,9,16H2/t22-;/m0./s1. The van der Waals surface area contributed by atoms with Crippen LogP contribution in [0.3, 0.4) is 0 Å². The molecular weight excluding hydrogens is 582 g/mol. The summed E-state index contributed by atoms with van der Waals surface area (Å²) in [5, 5.41) is 31.2. The van der Waals surface area contributed by atoms with Crippen molar-refractivity contribution in [3.8, 4) is 34.0 Å². The summed E-state index contributed by atoms with van der Waals surface area (Å²) in [6, 6.07) is 22.9. The molecule has 46 heavy (non-hydrogen) atoms. The van der Waals surface area contributed by atoms with Crippen LogP contribution in [-0.2, 0) is 34.7 Å². The Morgan fingerprint density at radius 1 is 0.957 bits per heavy atom. The van der Waals surface area contributed by atoms with E-state index in [1.807, 2.05) is 19.1 Å². The molecule has 3 atom stereocenters. The lowest BCUT2D eigenvalue weighted by Crippen LogP contribution is -2.44. The second kappa shape index (κ2) is 11.1. The molecule has 5 aromatic rings. The van der Waals surface area contributed by atoms with Crippen molar-refractivity contribution < 1.29 is 24.9 Å². The highest BCUT2D eigenvalue weighted by molar-refractivity contribution is 5.90. The zero-order valence-electron chi connectivity index (χ0n) is 25.7. The Hall–Kier alpha value is -4.99. The lowest BCUT2D eigenvalue weighted by atomic mass is 9.86. The zero-order chi connectivity index (χ0) is 32.3. The molecule has 1 aliphatic carbocycles. The molecule has 0 bridgehead atoms. The van der Waals surface area contributed by atoms with Gasteiger partial charge in [-0.1, -0.05) is 50.2 Å². The van der Waals surface area contributed by atoms with Gasteiger partial charge in [0, 0.05) is 28.5 Å². The van der Waals surface area contributed by atoms with E-state index >= 15 is 0 Å². The smallest absolute Gasteiger partial charge is 0.343 e. The van der Waals surface area contributed by atoms with Gasteiger partial charge in [-0.05, 0) is 77.9 Å². The maximum absolute atomic E-state index is 13.2. The van der Waals surface area contributed by atoms with Gasteiger partial charge in [-0.2, -0.15) is 0 Å². The van der Waals surface area contributed by atoms with Gasteiger partial charge in [0.15, 0.2) is 5.60 Å². The number of nitrogens with zero attached hydrogens (tertiary/aromatic N) is 2. The number of aromatic nitrogens is 2. The van der Waals surface area contributed by atoms with Gasteiger partial charge in [-0.15, -0.1) is 0 Å². The number of aryl methyl sites for hydroxylation is 1. The topological polar surface area (TPSA) is 148 Å². The molecule has 0 amide bonds. The number of nitrogens with two attached hydrogens (primary N) is 1. The molecule has 1 fully saturated rings. The molecule has 9 nitrogen and oxygen atoms in total. The molecule has 8 rings (SSSR count). The Bertz CT molecular complexity index is 2090. The molecule has 2 unspecified atom stereocenters. The number of benzene rings is 3. The fraction of sp³-hybridized carbons (Fsp3) is 0.270. The number of carbonyl (C=O) groups excluding carboxylic acids is 1. The number of fused-ring (bicyclic) bond motifs is 5. The highest BCUT2D eigenvalue weighted by atomic mass is 16.6. The molecule has 3 aromatic carbocycles. The summed E-state index contributed by atoms with van der Waals surface area (Å²) >= 11 is 0. The molecule has 3 aliphatic rings. The molecule has 0 spiro atoms. The van der Waals surface area contributed by atoms with Crippen LogP contribution in [0.5, 0.6) is 11.5 Å². The van der Waals surface area contributed by atoms with Crippen LogP contribution in [0.4, 0.5) is 0 Å². The Morgan fingerprint density at radius 2 is 1.70 bits per heavy atom. The van der Waals surface area contributed by atoms with Crippen LogP contribution in [0.2, 0.25) is 0 Å². The van der Waals surface area contributed by atoms with Crippen LogP contribution < -0.4 is 11.3 Å². The Labute approximate surface area is 265 Å². The van der Waals surface area contributed by atoms with Crippen LogP contribution in [0.1, 0.15) is 60.4 Å². The molecule has 234 valence electrons. The summed E-state index contributed by atoms with van der Waals surface area (Å²) in [6.45, 7) is 3.92. The van der Waals surface area contributed by atoms with Gasteiger partial charge in [0.05, 0.1) is 29.0 Å². The third-order valence-electron chi connectivity index (χ3n) is 9.50. The highest BCUT2D eigenvalue weighted by Crippen LogP contribution is 2.41. The van der Waals surface area contributed by atoms with E-state index in [-0.39, 0.29) is 24.3 Å². The first-order valence-electron chi connectivity index (χ1n) is 15.6. The van der Waals surface area contributed by atoms with Crippen molar-refractivity contribution in [3.63, 3.8) is 0 Å². The number of aromatic hydroxyl groups is 2. The van der Waals surface area contributed by atoms with Crippen molar-refractivity contribution in [2.75, 3.05) is 0 Å². The number of rotatable bonds is 4. The third kappa shape index (κ3) is 4.83. The fourth-order valence-corrected chi connectivity index (χ4v) is 6.76. The fourth-order valence-electron chi connectivity index (χ4n) is 6.76. The summed E-state index contributed by atoms with van der Waals surface area (Å²) in [6.07, 6.45) is 1.93. The van der Waals surface area contributed by atoms with Crippen LogP contribution >= 0.6 is 0 Å². The average molecular weight is 618 g/mol. The Balaban J connectivity index is 0.000000169. The first-order valence-corrected chi connectivity index (χ1v) is 15.6. The third-order valence-corrected chi connectivity index (χ3v) is 9.50. The quantitative estimate of drug-likeness (QED) is 0.197. The summed E-state index contributed by atoms with van der Waals surface area (Å²) in [4.78, 5) is 30.2. The van der Waals surface area contributed by atoms with Crippen LogP contribution in [0.15, 0.2) is 77.6 Å². The van der Waals surface area contributed by atoms with Crippen LogP contribution in [-0.4, -0.2) is 36.9 Å². The van der Waals surface area contributed by atoms with E-state index in [2.05, 4.69) is 24.3 Å². The van der Waals surface area contributed by atoms with Gasteiger partial charge in [-0.25, -0.2) is 9.78 Å². The highest BCUT2D eigenvalue weighted by Gasteiger charge is 2.45. The predicted molar refractivity (Wildman–Crippen MR) is 174 cm³/mol. The molecule has 1 saturated carbocycles. The number of cyclic esters (lactones) is 1. The van der Waals surface area contributed by atoms with Gasteiger partial charge >= 0.3 is 5.97 Å². The Morgan fingerprint density at radius 3 is 2.37 bits per heavy atom. The molecule has 2 aliphatic heterocycles. The van der Waals surface area contributed by atoms with E-state index in [0.717, 1.165) is 39.6 Å². The van der Waals surface area contributed by atoms with Gasteiger partial charge in [0.2, 0.25) is 0 Å². The molecule has 5 N–H and O–H groups in total. The minimum absolute atomic E-state index is 0.110. The number of esters is 1. The first-order chi connectivity index (χ1) is 22.1. The van der Waals surface area contributed by atoms with Crippen LogP contribution in [0.25, 0.3) is 33.4 Å². The van der Waals surface area contributed by atoms with Crippen molar-refractivity contribution in [2.24, 2.45) is 5.73 Å². The number of ether oxygens (including phenoxy) is 1. The maximum atomic E-state index is 13.2. The van der Waals surface area contributed by atoms with E-state index in [4.69, 9.17) is 15.5 Å². The van der Waals surface area contributed by atoms with Crippen molar-refractivity contribution >= 4 is 16.9 Å². The number of aliphatic hydroxyl groups is 1.